The molecule has 2 aromatic heterocycles. The second-order valence-electron chi connectivity index (χ2n) is 9.05. The number of hydrogen-bond donors (Lipinski definition) is 2. The molecule has 2 aliphatic rings. The fourth-order valence-electron chi connectivity index (χ4n) is 4.95. The zero-order chi connectivity index (χ0) is 26.8. The van der Waals surface area contributed by atoms with Crippen molar-refractivity contribution < 1.29 is 28.7 Å². The van der Waals surface area contributed by atoms with Gasteiger partial charge in [0.15, 0.2) is 0 Å². The number of esters is 2. The summed E-state index contributed by atoms with van der Waals surface area (Å²) in [5.41, 5.74) is 3.55. The lowest BCUT2D eigenvalue weighted by atomic mass is 10.1. The van der Waals surface area contributed by atoms with Gasteiger partial charge in [0.1, 0.15) is 10.0 Å². The number of rotatable bonds is 8. The van der Waals surface area contributed by atoms with E-state index in [4.69, 9.17) is 9.47 Å². The Kier molecular flexibility index (Phi) is 7.62. The molecule has 8 nitrogen and oxygen atoms in total. The van der Waals surface area contributed by atoms with Gasteiger partial charge in [0.25, 0.3) is 11.8 Å². The number of benzene rings is 1. The third-order valence-electron chi connectivity index (χ3n) is 6.67. The third-order valence-corrected chi connectivity index (χ3v) is 9.08. The first-order valence-electron chi connectivity index (χ1n) is 12.8. The lowest BCUT2D eigenvalue weighted by Crippen LogP contribution is -2.17. The standard InChI is InChI=1S/C28H28N2O6S2/c1-3-35-27(33)21-17-7-5-9-19(17)37-25(21)29-23(31)15-11-13-16(14-12-15)24(32)30-26-22(28(34)36-4-2)18-8-6-10-20(18)38-26/h11-14H,3-10H2,1-2H3,(H,29,31)(H,30,32). The summed E-state index contributed by atoms with van der Waals surface area (Å²) in [5, 5.41) is 6.73. The summed E-state index contributed by atoms with van der Waals surface area (Å²) in [7, 11) is 0. The maximum atomic E-state index is 13.0. The molecule has 2 amide bonds. The van der Waals surface area contributed by atoms with Crippen molar-refractivity contribution in [1.29, 1.82) is 0 Å². The number of thiophene rings is 2. The van der Waals surface area contributed by atoms with E-state index in [1.54, 1.807) is 38.1 Å². The highest BCUT2D eigenvalue weighted by molar-refractivity contribution is 7.17. The Hall–Kier alpha value is -3.50. The molecule has 2 aliphatic carbocycles. The summed E-state index contributed by atoms with van der Waals surface area (Å²) in [6.07, 6.45) is 5.34. The zero-order valence-corrected chi connectivity index (χ0v) is 22.9. The second kappa shape index (κ2) is 11.1. The third kappa shape index (κ3) is 4.98. The van der Waals surface area contributed by atoms with Crippen molar-refractivity contribution in [3.8, 4) is 0 Å². The fourth-order valence-corrected chi connectivity index (χ4v) is 7.49. The van der Waals surface area contributed by atoms with Crippen LogP contribution in [-0.2, 0) is 35.2 Å². The molecule has 0 bridgehead atoms. The van der Waals surface area contributed by atoms with E-state index in [2.05, 4.69) is 10.6 Å². The Balaban J connectivity index is 1.31. The minimum absolute atomic E-state index is 0.260. The molecule has 198 valence electrons. The predicted octanol–water partition coefficient (Wildman–Crippen LogP) is 5.65. The van der Waals surface area contributed by atoms with Crippen molar-refractivity contribution in [3.63, 3.8) is 0 Å². The SMILES string of the molecule is CCOC(=O)c1c(NC(=O)c2ccc(C(=O)Nc3sc4c(c3C(=O)OCC)CCC4)cc2)sc2c1CCC2. The van der Waals surface area contributed by atoms with E-state index in [0.29, 0.717) is 32.3 Å². The van der Waals surface area contributed by atoms with Crippen LogP contribution in [0, 0.1) is 0 Å². The smallest absolute Gasteiger partial charge is 0.341 e. The average Bonchev–Trinajstić information content (AvgIpc) is 3.65. The van der Waals surface area contributed by atoms with Crippen molar-refractivity contribution in [3.05, 3.63) is 67.4 Å². The molecule has 0 unspecified atom stereocenters. The van der Waals surface area contributed by atoms with Crippen LogP contribution in [0.1, 0.15) is 89.0 Å². The Morgan fingerprint density at radius 3 is 1.45 bits per heavy atom. The van der Waals surface area contributed by atoms with Crippen molar-refractivity contribution in [2.45, 2.75) is 52.4 Å². The lowest BCUT2D eigenvalue weighted by molar-refractivity contribution is 0.0517. The monoisotopic (exact) mass is 552 g/mol. The molecule has 0 radical (unpaired) electrons. The van der Waals surface area contributed by atoms with Crippen molar-refractivity contribution in [1.82, 2.24) is 0 Å². The number of fused-ring (bicyclic) bond motifs is 2. The van der Waals surface area contributed by atoms with Gasteiger partial charge in [0.2, 0.25) is 0 Å². The minimum atomic E-state index is -0.420. The summed E-state index contributed by atoms with van der Waals surface area (Å²) in [6, 6.07) is 6.26. The highest BCUT2D eigenvalue weighted by Crippen LogP contribution is 2.41. The average molecular weight is 553 g/mol. The van der Waals surface area contributed by atoms with Gasteiger partial charge in [0.05, 0.1) is 24.3 Å². The Labute approximate surface area is 228 Å². The van der Waals surface area contributed by atoms with Gasteiger partial charge in [-0.15, -0.1) is 22.7 Å². The van der Waals surface area contributed by atoms with Gasteiger partial charge in [-0.1, -0.05) is 0 Å². The number of nitrogens with one attached hydrogen (secondary N) is 2. The molecule has 0 aliphatic heterocycles. The quantitative estimate of drug-likeness (QED) is 0.350. The van der Waals surface area contributed by atoms with Crippen molar-refractivity contribution in [2.75, 3.05) is 23.8 Å². The molecule has 0 spiro atoms. The normalized spacial score (nSPS) is 13.5. The van der Waals surface area contributed by atoms with Crippen LogP contribution in [0.3, 0.4) is 0 Å². The van der Waals surface area contributed by atoms with E-state index in [-0.39, 0.29) is 25.0 Å². The number of carbonyl (C=O) groups is 4. The van der Waals surface area contributed by atoms with Crippen LogP contribution in [-0.4, -0.2) is 37.0 Å². The number of aryl methyl sites for hydroxylation is 2. The molecular formula is C28H28N2O6S2. The zero-order valence-electron chi connectivity index (χ0n) is 21.2. The summed E-state index contributed by atoms with van der Waals surface area (Å²) in [5.74, 6) is -1.59. The first-order valence-corrected chi connectivity index (χ1v) is 14.4. The summed E-state index contributed by atoms with van der Waals surface area (Å²) >= 11 is 2.84. The van der Waals surface area contributed by atoms with E-state index >= 15 is 0 Å². The predicted molar refractivity (Wildman–Crippen MR) is 147 cm³/mol. The maximum absolute atomic E-state index is 13.0. The van der Waals surface area contributed by atoms with Crippen LogP contribution in [0.2, 0.25) is 0 Å². The number of anilines is 2. The number of ether oxygens (including phenoxy) is 2. The summed E-state index contributed by atoms with van der Waals surface area (Å²) in [4.78, 5) is 53.4. The van der Waals surface area contributed by atoms with Gasteiger partial charge in [0, 0.05) is 20.9 Å². The van der Waals surface area contributed by atoms with Crippen LogP contribution >= 0.6 is 22.7 Å². The van der Waals surface area contributed by atoms with E-state index < -0.39 is 11.9 Å². The Morgan fingerprint density at radius 2 is 1.08 bits per heavy atom. The second-order valence-corrected chi connectivity index (χ2v) is 11.3. The molecule has 0 saturated carbocycles. The Bertz CT molecular complexity index is 1310. The largest absolute Gasteiger partial charge is 0.462 e. The molecule has 38 heavy (non-hydrogen) atoms. The molecule has 5 rings (SSSR count). The number of hydrogen-bond acceptors (Lipinski definition) is 8. The number of carbonyl (C=O) groups excluding carboxylic acids is 4. The van der Waals surface area contributed by atoms with E-state index in [0.717, 1.165) is 59.4 Å². The lowest BCUT2D eigenvalue weighted by Gasteiger charge is -2.09. The number of amides is 2. The molecule has 0 atom stereocenters. The van der Waals surface area contributed by atoms with Gasteiger partial charge in [-0.25, -0.2) is 9.59 Å². The van der Waals surface area contributed by atoms with Gasteiger partial charge in [-0.05, 0) is 87.8 Å². The topological polar surface area (TPSA) is 111 Å². The Morgan fingerprint density at radius 1 is 0.684 bits per heavy atom. The summed E-state index contributed by atoms with van der Waals surface area (Å²) < 4.78 is 10.5. The maximum Gasteiger partial charge on any atom is 0.341 e. The van der Waals surface area contributed by atoms with Crippen LogP contribution in [0.15, 0.2) is 24.3 Å². The highest BCUT2D eigenvalue weighted by atomic mass is 32.1. The van der Waals surface area contributed by atoms with Gasteiger partial charge < -0.3 is 20.1 Å². The molecule has 2 heterocycles. The molecule has 3 aromatic rings. The van der Waals surface area contributed by atoms with Gasteiger partial charge in [-0.3, -0.25) is 9.59 Å². The fraction of sp³-hybridized carbons (Fsp3) is 0.357. The van der Waals surface area contributed by atoms with Crippen LogP contribution in [0.25, 0.3) is 0 Å². The van der Waals surface area contributed by atoms with E-state index in [1.807, 2.05) is 0 Å². The van der Waals surface area contributed by atoms with Crippen LogP contribution in [0.4, 0.5) is 10.0 Å². The first kappa shape index (κ1) is 26.1. The van der Waals surface area contributed by atoms with Crippen molar-refractivity contribution >= 4 is 56.4 Å². The molecular weight excluding hydrogens is 524 g/mol. The van der Waals surface area contributed by atoms with Gasteiger partial charge >= 0.3 is 11.9 Å². The van der Waals surface area contributed by atoms with Crippen molar-refractivity contribution in [2.24, 2.45) is 0 Å². The first-order chi connectivity index (χ1) is 18.4. The molecule has 0 fully saturated rings. The molecule has 2 N–H and O–H groups in total. The van der Waals surface area contributed by atoms with E-state index in [9.17, 15) is 19.2 Å². The highest BCUT2D eigenvalue weighted by Gasteiger charge is 2.30. The summed E-state index contributed by atoms with van der Waals surface area (Å²) in [6.45, 7) is 4.03. The van der Waals surface area contributed by atoms with E-state index in [1.165, 1.54) is 22.7 Å². The van der Waals surface area contributed by atoms with Crippen LogP contribution < -0.4 is 10.6 Å². The minimum Gasteiger partial charge on any atom is -0.462 e. The molecule has 10 heteroatoms. The molecule has 0 saturated heterocycles. The van der Waals surface area contributed by atoms with Crippen LogP contribution in [0.5, 0.6) is 0 Å². The van der Waals surface area contributed by atoms with Gasteiger partial charge in [-0.2, -0.15) is 0 Å². The molecule has 1 aromatic carbocycles.